The van der Waals surface area contributed by atoms with Crippen molar-refractivity contribution in [1.82, 2.24) is 0 Å². The van der Waals surface area contributed by atoms with Crippen molar-refractivity contribution in [2.45, 2.75) is 6.43 Å². The zero-order chi connectivity index (χ0) is 10.2. The van der Waals surface area contributed by atoms with Crippen LogP contribution in [0.2, 0.25) is 0 Å². The molecule has 1 aromatic carbocycles. The van der Waals surface area contributed by atoms with Crippen molar-refractivity contribution in [2.24, 2.45) is 0 Å². The molecule has 1 rings (SSSR count). The predicted octanol–water partition coefficient (Wildman–Crippen LogP) is 3.37. The van der Waals surface area contributed by atoms with Crippen LogP contribution in [0.1, 0.15) is 12.0 Å². The lowest BCUT2D eigenvalue weighted by Gasteiger charge is -2.06. The number of halogens is 5. The smallest absolute Gasteiger partial charge is 0.267 e. The van der Waals surface area contributed by atoms with Crippen LogP contribution < -0.4 is 0 Å². The Labute approximate surface area is 79.1 Å². The van der Waals surface area contributed by atoms with Gasteiger partial charge in [0, 0.05) is 0 Å². The lowest BCUT2D eigenvalue weighted by molar-refractivity contribution is 0.146. The second kappa shape index (κ2) is 3.53. The molecule has 0 atom stereocenters. The molecule has 6 heteroatoms. The summed E-state index contributed by atoms with van der Waals surface area (Å²) < 4.78 is 48.5. The topological polar surface area (TPSA) is 20.2 Å². The molecule has 0 amide bonds. The molecule has 0 saturated carbocycles. The molecule has 13 heavy (non-hydrogen) atoms. The molecule has 0 saturated heterocycles. The van der Waals surface area contributed by atoms with Crippen molar-refractivity contribution >= 4 is 15.9 Å². The minimum absolute atomic E-state index is 0.264. The molecule has 0 radical (unpaired) electrons. The Bertz CT molecular complexity index is 340. The largest absolute Gasteiger partial charge is 0.506 e. The first-order chi connectivity index (χ1) is 5.95. The van der Waals surface area contributed by atoms with Crippen molar-refractivity contribution in [1.29, 1.82) is 0 Å². The maximum Gasteiger partial charge on any atom is 0.267 e. The standard InChI is InChI=1S/C7H3BrF4O/c8-4-5(10)3(9)1-2(6(4)13)7(11)12/h1,7,13H. The Morgan fingerprint density at radius 3 is 2.31 bits per heavy atom. The van der Waals surface area contributed by atoms with Crippen LogP contribution in [0.15, 0.2) is 10.5 Å². The Balaban J connectivity index is 3.41. The van der Waals surface area contributed by atoms with Gasteiger partial charge in [-0.3, -0.25) is 0 Å². The second-order valence-electron chi connectivity index (χ2n) is 2.22. The van der Waals surface area contributed by atoms with E-state index in [2.05, 4.69) is 15.9 Å². The SMILES string of the molecule is Oc1c(C(F)F)cc(F)c(F)c1Br. The molecule has 1 N–H and O–H groups in total. The van der Waals surface area contributed by atoms with Crippen LogP contribution in [0, 0.1) is 11.6 Å². The maximum atomic E-state index is 12.6. The summed E-state index contributed by atoms with van der Waals surface area (Å²) in [5.74, 6) is -3.80. The fraction of sp³-hybridized carbons (Fsp3) is 0.143. The van der Waals surface area contributed by atoms with Gasteiger partial charge < -0.3 is 5.11 Å². The Kier molecular flexibility index (Phi) is 2.80. The number of hydrogen-bond acceptors (Lipinski definition) is 1. The Morgan fingerprint density at radius 2 is 1.85 bits per heavy atom. The predicted molar refractivity (Wildman–Crippen MR) is 40.7 cm³/mol. The van der Waals surface area contributed by atoms with Gasteiger partial charge in [-0.1, -0.05) is 0 Å². The van der Waals surface area contributed by atoms with E-state index in [-0.39, 0.29) is 6.07 Å². The van der Waals surface area contributed by atoms with Crippen LogP contribution in [-0.4, -0.2) is 5.11 Å². The molecular weight excluding hydrogens is 256 g/mol. The third-order valence-electron chi connectivity index (χ3n) is 1.40. The van der Waals surface area contributed by atoms with Gasteiger partial charge in [0.15, 0.2) is 11.6 Å². The molecule has 0 spiro atoms. The summed E-state index contributed by atoms with van der Waals surface area (Å²) in [7, 11) is 0. The summed E-state index contributed by atoms with van der Waals surface area (Å²) in [4.78, 5) is 0. The van der Waals surface area contributed by atoms with E-state index >= 15 is 0 Å². The van der Waals surface area contributed by atoms with Crippen LogP contribution >= 0.6 is 15.9 Å². The second-order valence-corrected chi connectivity index (χ2v) is 3.02. The molecule has 0 heterocycles. The normalized spacial score (nSPS) is 10.9. The van der Waals surface area contributed by atoms with Gasteiger partial charge >= 0.3 is 0 Å². The molecule has 0 aliphatic carbocycles. The molecule has 72 valence electrons. The van der Waals surface area contributed by atoms with Gasteiger partial charge in [-0.2, -0.15) is 0 Å². The van der Waals surface area contributed by atoms with Gasteiger partial charge in [-0.15, -0.1) is 0 Å². The van der Waals surface area contributed by atoms with Gasteiger partial charge in [0.25, 0.3) is 6.43 Å². The van der Waals surface area contributed by atoms with Gasteiger partial charge in [-0.05, 0) is 22.0 Å². The molecular formula is C7H3BrF4O. The molecule has 0 aromatic heterocycles. The average molecular weight is 259 g/mol. The van der Waals surface area contributed by atoms with Crippen molar-refractivity contribution in [3.8, 4) is 5.75 Å². The third kappa shape index (κ3) is 1.77. The summed E-state index contributed by atoms with van der Waals surface area (Å²) in [5.41, 5.74) is -0.939. The van der Waals surface area contributed by atoms with Crippen LogP contribution in [-0.2, 0) is 0 Å². The van der Waals surface area contributed by atoms with E-state index in [4.69, 9.17) is 5.11 Å². The van der Waals surface area contributed by atoms with Gasteiger partial charge in [0.05, 0.1) is 10.0 Å². The van der Waals surface area contributed by atoms with Gasteiger partial charge in [0.2, 0.25) is 0 Å². The van der Waals surface area contributed by atoms with Crippen LogP contribution in [0.25, 0.3) is 0 Å². The first-order valence-corrected chi connectivity index (χ1v) is 3.89. The third-order valence-corrected chi connectivity index (χ3v) is 2.12. The van der Waals surface area contributed by atoms with E-state index in [9.17, 15) is 17.6 Å². The van der Waals surface area contributed by atoms with E-state index in [0.29, 0.717) is 0 Å². The van der Waals surface area contributed by atoms with Crippen molar-refractivity contribution in [3.63, 3.8) is 0 Å². The molecule has 0 fully saturated rings. The first kappa shape index (κ1) is 10.3. The molecule has 0 bridgehead atoms. The van der Waals surface area contributed by atoms with Crippen molar-refractivity contribution in [2.75, 3.05) is 0 Å². The number of hydrogen-bond donors (Lipinski definition) is 1. The van der Waals surface area contributed by atoms with Crippen molar-refractivity contribution in [3.05, 3.63) is 27.7 Å². The summed E-state index contributed by atoms with van der Waals surface area (Å²) in [6, 6.07) is 0.264. The van der Waals surface area contributed by atoms with Crippen LogP contribution in [0.5, 0.6) is 5.75 Å². The van der Waals surface area contributed by atoms with E-state index in [1.807, 2.05) is 0 Å². The monoisotopic (exact) mass is 258 g/mol. The number of phenols is 1. The van der Waals surface area contributed by atoms with Gasteiger partial charge in [-0.25, -0.2) is 17.6 Å². The summed E-state index contributed by atoms with van der Waals surface area (Å²) >= 11 is 2.45. The average Bonchev–Trinajstić information content (AvgIpc) is 2.07. The zero-order valence-electron chi connectivity index (χ0n) is 5.99. The van der Waals surface area contributed by atoms with Crippen molar-refractivity contribution < 1.29 is 22.7 Å². The molecule has 0 aliphatic rings. The minimum atomic E-state index is -3.05. The fourth-order valence-corrected chi connectivity index (χ4v) is 1.19. The number of rotatable bonds is 1. The number of aromatic hydroxyl groups is 1. The van der Waals surface area contributed by atoms with E-state index in [1.54, 1.807) is 0 Å². The van der Waals surface area contributed by atoms with Crippen LogP contribution in [0.4, 0.5) is 17.6 Å². The van der Waals surface area contributed by atoms with E-state index < -0.39 is 33.8 Å². The Morgan fingerprint density at radius 1 is 1.31 bits per heavy atom. The lowest BCUT2D eigenvalue weighted by Crippen LogP contribution is -1.93. The van der Waals surface area contributed by atoms with Gasteiger partial charge in [0.1, 0.15) is 5.75 Å². The summed E-state index contributed by atoms with van der Waals surface area (Å²) in [5, 5.41) is 8.94. The number of benzene rings is 1. The lowest BCUT2D eigenvalue weighted by atomic mass is 10.2. The number of alkyl halides is 2. The zero-order valence-corrected chi connectivity index (χ0v) is 7.58. The van der Waals surface area contributed by atoms with E-state index in [1.165, 1.54) is 0 Å². The molecule has 0 unspecified atom stereocenters. The van der Waals surface area contributed by atoms with E-state index in [0.717, 1.165) is 0 Å². The molecule has 0 aliphatic heterocycles. The highest BCUT2D eigenvalue weighted by Gasteiger charge is 2.21. The highest BCUT2D eigenvalue weighted by atomic mass is 79.9. The summed E-state index contributed by atoms with van der Waals surface area (Å²) in [6.45, 7) is 0. The fourth-order valence-electron chi connectivity index (χ4n) is 0.770. The highest BCUT2D eigenvalue weighted by Crippen LogP contribution is 2.37. The van der Waals surface area contributed by atoms with Crippen LogP contribution in [0.3, 0.4) is 0 Å². The Hall–Kier alpha value is -0.780. The minimum Gasteiger partial charge on any atom is -0.506 e. The summed E-state index contributed by atoms with van der Waals surface area (Å²) in [6.07, 6.45) is -3.05. The molecule has 1 aromatic rings. The highest BCUT2D eigenvalue weighted by molar-refractivity contribution is 9.10. The molecule has 1 nitrogen and oxygen atoms in total. The first-order valence-electron chi connectivity index (χ1n) is 3.09. The number of phenolic OH excluding ortho intramolecular Hbond substituents is 1. The quantitative estimate of drug-likeness (QED) is 0.605. The maximum absolute atomic E-state index is 12.6.